The molecular weight excluding hydrogens is 464 g/mol. The summed E-state index contributed by atoms with van der Waals surface area (Å²) in [5, 5.41) is 4.27. The van der Waals surface area contributed by atoms with Crippen molar-refractivity contribution in [3.63, 3.8) is 0 Å². The van der Waals surface area contributed by atoms with E-state index < -0.39 is 10.0 Å². The number of hydrogen-bond acceptors (Lipinski definition) is 7. The van der Waals surface area contributed by atoms with E-state index in [1.54, 1.807) is 30.5 Å². The van der Waals surface area contributed by atoms with Crippen LogP contribution in [0, 0.1) is 6.92 Å². The second kappa shape index (κ2) is 10.9. The third kappa shape index (κ3) is 7.25. The number of aromatic nitrogens is 3. The van der Waals surface area contributed by atoms with Crippen molar-refractivity contribution in [2.24, 2.45) is 0 Å². The van der Waals surface area contributed by atoms with Crippen molar-refractivity contribution in [1.29, 1.82) is 0 Å². The van der Waals surface area contributed by atoms with Crippen molar-refractivity contribution in [1.82, 2.24) is 24.6 Å². The zero-order chi connectivity index (χ0) is 24.8. The SMILES string of the molecule is Cc1cc2cc(COc3ccnc(Nc4cccc(CS(=O)(=O)NCCN(C)C)c4)n3)ccc2[nH]1. The largest absolute Gasteiger partial charge is 0.473 e. The second-order valence-electron chi connectivity index (χ2n) is 8.66. The Morgan fingerprint density at radius 3 is 2.74 bits per heavy atom. The Morgan fingerprint density at radius 2 is 1.91 bits per heavy atom. The molecule has 2 aromatic heterocycles. The lowest BCUT2D eigenvalue weighted by molar-refractivity contribution is 0.294. The third-order valence-corrected chi connectivity index (χ3v) is 6.61. The molecule has 2 heterocycles. The molecule has 0 aliphatic carbocycles. The molecule has 0 spiro atoms. The van der Waals surface area contributed by atoms with Gasteiger partial charge in [-0.3, -0.25) is 0 Å². The van der Waals surface area contributed by atoms with Gasteiger partial charge in [-0.25, -0.2) is 18.1 Å². The number of fused-ring (bicyclic) bond motifs is 1. The molecule has 10 heteroatoms. The van der Waals surface area contributed by atoms with Gasteiger partial charge in [0, 0.05) is 47.6 Å². The molecule has 0 saturated carbocycles. The van der Waals surface area contributed by atoms with Crippen LogP contribution in [0.25, 0.3) is 10.9 Å². The molecule has 0 atom stereocenters. The summed E-state index contributed by atoms with van der Waals surface area (Å²) in [4.78, 5) is 13.9. The van der Waals surface area contributed by atoms with Crippen LogP contribution < -0.4 is 14.8 Å². The molecule has 0 radical (unpaired) electrons. The number of ether oxygens (including phenoxy) is 1. The molecule has 3 N–H and O–H groups in total. The van der Waals surface area contributed by atoms with E-state index in [1.807, 2.05) is 44.1 Å². The van der Waals surface area contributed by atoms with Crippen LogP contribution in [0.5, 0.6) is 5.88 Å². The highest BCUT2D eigenvalue weighted by Crippen LogP contribution is 2.20. The number of benzene rings is 2. The number of sulfonamides is 1. The molecule has 0 aliphatic rings. The van der Waals surface area contributed by atoms with Gasteiger partial charge in [0.2, 0.25) is 21.9 Å². The fraction of sp³-hybridized carbons (Fsp3) is 0.280. The van der Waals surface area contributed by atoms with E-state index in [1.165, 1.54) is 0 Å². The van der Waals surface area contributed by atoms with Gasteiger partial charge in [0.15, 0.2) is 0 Å². The van der Waals surface area contributed by atoms with Crippen LogP contribution in [-0.2, 0) is 22.4 Å². The quantitative estimate of drug-likeness (QED) is 0.292. The number of H-pyrrole nitrogens is 1. The fourth-order valence-corrected chi connectivity index (χ4v) is 4.74. The Balaban J connectivity index is 1.37. The molecule has 4 rings (SSSR count). The fourth-order valence-electron chi connectivity index (χ4n) is 3.62. The first-order chi connectivity index (χ1) is 16.8. The highest BCUT2D eigenvalue weighted by atomic mass is 32.2. The van der Waals surface area contributed by atoms with Crippen LogP contribution in [-0.4, -0.2) is 55.5 Å². The maximum absolute atomic E-state index is 12.4. The predicted octanol–water partition coefficient (Wildman–Crippen LogP) is 3.57. The number of hydrogen-bond donors (Lipinski definition) is 3. The summed E-state index contributed by atoms with van der Waals surface area (Å²) < 4.78 is 33.2. The topological polar surface area (TPSA) is 112 Å². The van der Waals surface area contributed by atoms with Crippen molar-refractivity contribution in [2.45, 2.75) is 19.3 Å². The summed E-state index contributed by atoms with van der Waals surface area (Å²) in [7, 11) is 0.364. The number of nitrogens with zero attached hydrogens (tertiary/aromatic N) is 3. The van der Waals surface area contributed by atoms with E-state index in [-0.39, 0.29) is 5.75 Å². The molecule has 0 bridgehead atoms. The van der Waals surface area contributed by atoms with Gasteiger partial charge in [0.25, 0.3) is 0 Å². The van der Waals surface area contributed by atoms with Crippen molar-refractivity contribution in [3.05, 3.63) is 77.6 Å². The van der Waals surface area contributed by atoms with Gasteiger partial charge in [-0.05, 0) is 62.5 Å². The number of aromatic amines is 1. The van der Waals surface area contributed by atoms with Gasteiger partial charge >= 0.3 is 0 Å². The number of aryl methyl sites for hydroxylation is 1. The predicted molar refractivity (Wildman–Crippen MR) is 138 cm³/mol. The Bertz CT molecular complexity index is 1400. The van der Waals surface area contributed by atoms with Crippen molar-refractivity contribution in [3.8, 4) is 5.88 Å². The number of nitrogens with one attached hydrogen (secondary N) is 3. The smallest absolute Gasteiger partial charge is 0.230 e. The van der Waals surface area contributed by atoms with Crippen molar-refractivity contribution < 1.29 is 13.2 Å². The first-order valence-electron chi connectivity index (χ1n) is 11.3. The van der Waals surface area contributed by atoms with Gasteiger partial charge in [-0.1, -0.05) is 18.2 Å². The first kappa shape index (κ1) is 24.6. The maximum Gasteiger partial charge on any atom is 0.230 e. The van der Waals surface area contributed by atoms with Crippen molar-refractivity contribution >= 4 is 32.6 Å². The Kier molecular flexibility index (Phi) is 7.64. The van der Waals surface area contributed by atoms with Crippen LogP contribution in [0.2, 0.25) is 0 Å². The molecule has 0 amide bonds. The lowest BCUT2D eigenvalue weighted by Crippen LogP contribution is -2.32. The number of anilines is 2. The highest BCUT2D eigenvalue weighted by molar-refractivity contribution is 7.88. The zero-order valence-corrected chi connectivity index (χ0v) is 20.9. The molecular formula is C25H30N6O3S. The number of rotatable bonds is 11. The summed E-state index contributed by atoms with van der Waals surface area (Å²) in [5.41, 5.74) is 4.61. The monoisotopic (exact) mass is 494 g/mol. The molecule has 2 aromatic carbocycles. The van der Waals surface area contributed by atoms with E-state index in [9.17, 15) is 8.42 Å². The molecule has 0 saturated heterocycles. The van der Waals surface area contributed by atoms with Gasteiger partial charge in [-0.2, -0.15) is 4.98 Å². The van der Waals surface area contributed by atoms with Crippen LogP contribution in [0.3, 0.4) is 0 Å². The number of likely N-dealkylation sites (N-methyl/N-ethyl adjacent to an activating group) is 1. The Hall–Kier alpha value is -3.47. The maximum atomic E-state index is 12.4. The van der Waals surface area contributed by atoms with Crippen LogP contribution in [0.4, 0.5) is 11.6 Å². The van der Waals surface area contributed by atoms with Crippen LogP contribution >= 0.6 is 0 Å². The minimum atomic E-state index is -3.43. The normalized spacial score (nSPS) is 11.8. The zero-order valence-electron chi connectivity index (χ0n) is 20.1. The van der Waals surface area contributed by atoms with E-state index in [4.69, 9.17) is 4.74 Å². The van der Waals surface area contributed by atoms with E-state index in [0.717, 1.165) is 22.2 Å². The summed E-state index contributed by atoms with van der Waals surface area (Å²) in [6, 6.07) is 17.1. The Morgan fingerprint density at radius 1 is 1.06 bits per heavy atom. The van der Waals surface area contributed by atoms with Gasteiger partial charge in [0.05, 0.1) is 5.75 Å². The minimum absolute atomic E-state index is 0.106. The molecule has 184 valence electrons. The summed E-state index contributed by atoms with van der Waals surface area (Å²) in [5.74, 6) is 0.699. The van der Waals surface area contributed by atoms with Gasteiger partial charge in [-0.15, -0.1) is 0 Å². The lowest BCUT2D eigenvalue weighted by atomic mass is 10.2. The molecule has 35 heavy (non-hydrogen) atoms. The third-order valence-electron chi connectivity index (χ3n) is 5.26. The average Bonchev–Trinajstić information content (AvgIpc) is 3.17. The summed E-state index contributed by atoms with van der Waals surface area (Å²) >= 11 is 0. The molecule has 9 nitrogen and oxygen atoms in total. The molecule has 0 aliphatic heterocycles. The lowest BCUT2D eigenvalue weighted by Gasteiger charge is -2.12. The van der Waals surface area contributed by atoms with Crippen LogP contribution in [0.1, 0.15) is 16.8 Å². The average molecular weight is 495 g/mol. The standard InChI is InChI=1S/C25H30N6O3S/c1-18-13-21-14-19(7-8-23(21)28-18)16-34-24-9-10-26-25(30-24)29-22-6-4-5-20(15-22)17-35(32,33)27-11-12-31(2)3/h4-10,13-15,27-28H,11-12,16-17H2,1-3H3,(H,26,29,30). The van der Waals surface area contributed by atoms with E-state index in [2.05, 4.69) is 37.1 Å². The van der Waals surface area contributed by atoms with Crippen LogP contribution in [0.15, 0.2) is 60.8 Å². The second-order valence-corrected chi connectivity index (χ2v) is 10.5. The summed E-state index contributed by atoms with van der Waals surface area (Å²) in [6.07, 6.45) is 1.62. The first-order valence-corrected chi connectivity index (χ1v) is 12.9. The van der Waals surface area contributed by atoms with E-state index in [0.29, 0.717) is 42.8 Å². The van der Waals surface area contributed by atoms with Gasteiger partial charge < -0.3 is 19.9 Å². The van der Waals surface area contributed by atoms with E-state index >= 15 is 0 Å². The highest BCUT2D eigenvalue weighted by Gasteiger charge is 2.12. The Labute approximate surface area is 205 Å². The van der Waals surface area contributed by atoms with Gasteiger partial charge in [0.1, 0.15) is 6.61 Å². The molecule has 0 fully saturated rings. The summed E-state index contributed by atoms with van der Waals surface area (Å²) in [6.45, 7) is 3.41. The minimum Gasteiger partial charge on any atom is -0.473 e. The molecule has 4 aromatic rings. The molecule has 0 unspecified atom stereocenters. The van der Waals surface area contributed by atoms with Crippen molar-refractivity contribution in [2.75, 3.05) is 32.5 Å².